The fourth-order valence-corrected chi connectivity index (χ4v) is 2.67. The average molecular weight is 283 g/mol. The molecule has 0 saturated carbocycles. The molecule has 2 unspecified atom stereocenters. The average Bonchev–Trinajstić information content (AvgIpc) is 2.82. The van der Waals surface area contributed by atoms with Gasteiger partial charge in [-0.3, -0.25) is 4.79 Å². The summed E-state index contributed by atoms with van der Waals surface area (Å²) in [6.45, 7) is 4.70. The quantitative estimate of drug-likeness (QED) is 0.800. The number of carbonyl (C=O) groups excluding carboxylic acids is 1. The Labute approximate surface area is 118 Å². The molecule has 104 valence electrons. The smallest absolute Gasteiger partial charge is 0.254 e. The Balaban J connectivity index is 2.21. The number of halogens is 1. The Hall–Kier alpha value is -1.13. The van der Waals surface area contributed by atoms with Crippen LogP contribution < -0.4 is 0 Å². The van der Waals surface area contributed by atoms with E-state index in [0.29, 0.717) is 17.3 Å². The molecule has 1 aromatic rings. The monoisotopic (exact) mass is 282 g/mol. The molecule has 1 aliphatic rings. The van der Waals surface area contributed by atoms with E-state index < -0.39 is 0 Å². The van der Waals surface area contributed by atoms with Gasteiger partial charge < -0.3 is 9.64 Å². The second kappa shape index (κ2) is 5.88. The number of carbonyl (C=O) groups is 1. The molecule has 0 spiro atoms. The molecule has 1 amide bonds. The molecule has 0 aliphatic carbocycles. The van der Waals surface area contributed by atoms with Crippen LogP contribution in [-0.4, -0.2) is 41.6 Å². The highest BCUT2D eigenvalue weighted by atomic mass is 35.5. The van der Waals surface area contributed by atoms with Crippen molar-refractivity contribution in [3.63, 3.8) is 0 Å². The topological polar surface area (TPSA) is 42.4 Å². The van der Waals surface area contributed by atoms with Crippen molar-refractivity contribution in [2.24, 2.45) is 0 Å². The minimum absolute atomic E-state index is 0.0265. The summed E-state index contributed by atoms with van der Waals surface area (Å²) >= 11 is 5.96. The predicted octanol–water partition coefficient (Wildman–Crippen LogP) is 2.55. The number of nitrogens with zero attached hydrogens (tertiary/aromatic N) is 2. The molecule has 0 N–H and O–H groups in total. The van der Waals surface area contributed by atoms with Crippen LogP contribution in [0.3, 0.4) is 0 Å². The van der Waals surface area contributed by atoms with E-state index in [1.807, 2.05) is 27.0 Å². The van der Waals surface area contributed by atoms with Crippen LogP contribution in [0.25, 0.3) is 0 Å². The van der Waals surface area contributed by atoms with Gasteiger partial charge in [0.15, 0.2) is 0 Å². The van der Waals surface area contributed by atoms with Crippen LogP contribution in [0.15, 0.2) is 12.1 Å². The maximum atomic E-state index is 12.5. The van der Waals surface area contributed by atoms with E-state index in [2.05, 4.69) is 4.98 Å². The molecule has 1 aliphatic heterocycles. The van der Waals surface area contributed by atoms with Gasteiger partial charge in [-0.25, -0.2) is 4.98 Å². The third-order valence-corrected chi connectivity index (χ3v) is 3.80. The van der Waals surface area contributed by atoms with Crippen molar-refractivity contribution in [2.75, 3.05) is 13.7 Å². The molecular formula is C14H19ClN2O2. The number of pyridine rings is 1. The zero-order valence-corrected chi connectivity index (χ0v) is 12.3. The van der Waals surface area contributed by atoms with Gasteiger partial charge in [-0.05, 0) is 31.9 Å². The number of hydrogen-bond donors (Lipinski definition) is 0. The van der Waals surface area contributed by atoms with Crippen LogP contribution >= 0.6 is 11.6 Å². The van der Waals surface area contributed by atoms with Crippen molar-refractivity contribution in [1.82, 2.24) is 9.88 Å². The number of ether oxygens (including phenoxy) is 1. The summed E-state index contributed by atoms with van der Waals surface area (Å²) in [6, 6.07) is 3.56. The molecule has 0 radical (unpaired) electrons. The minimum atomic E-state index is -0.0265. The second-order valence-corrected chi connectivity index (χ2v) is 5.26. The van der Waals surface area contributed by atoms with Gasteiger partial charge in [-0.2, -0.15) is 0 Å². The van der Waals surface area contributed by atoms with Crippen LogP contribution in [0.5, 0.6) is 0 Å². The van der Waals surface area contributed by atoms with Crippen LogP contribution in [0.1, 0.15) is 36.3 Å². The van der Waals surface area contributed by atoms with E-state index >= 15 is 0 Å². The fourth-order valence-electron chi connectivity index (χ4n) is 2.44. The molecule has 5 heteroatoms. The van der Waals surface area contributed by atoms with Crippen molar-refractivity contribution in [2.45, 2.75) is 38.8 Å². The highest BCUT2D eigenvalue weighted by Crippen LogP contribution is 2.21. The Bertz CT molecular complexity index is 479. The van der Waals surface area contributed by atoms with Crippen molar-refractivity contribution in [1.29, 1.82) is 0 Å². The van der Waals surface area contributed by atoms with E-state index in [0.717, 1.165) is 18.5 Å². The summed E-state index contributed by atoms with van der Waals surface area (Å²) in [6.07, 6.45) is 1.72. The standard InChI is InChI=1S/C14H19ClN2O2/c1-4-11-7-10(8-13(15)16-11)14(18)17(3)12-5-6-19-9(12)2/h7-9,12H,4-6H2,1-3H3. The van der Waals surface area contributed by atoms with Gasteiger partial charge >= 0.3 is 0 Å². The molecule has 4 nitrogen and oxygen atoms in total. The van der Waals surface area contributed by atoms with Crippen molar-refractivity contribution in [3.8, 4) is 0 Å². The molecule has 1 aromatic heterocycles. The van der Waals surface area contributed by atoms with Gasteiger partial charge in [0.05, 0.1) is 12.1 Å². The van der Waals surface area contributed by atoms with E-state index in [1.165, 1.54) is 0 Å². The molecular weight excluding hydrogens is 264 g/mol. The maximum Gasteiger partial charge on any atom is 0.254 e. The molecule has 2 rings (SSSR count). The number of likely N-dealkylation sites (N-methyl/N-ethyl adjacent to an activating group) is 1. The fraction of sp³-hybridized carbons (Fsp3) is 0.571. The molecule has 0 aromatic carbocycles. The number of rotatable bonds is 3. The van der Waals surface area contributed by atoms with E-state index in [9.17, 15) is 4.79 Å². The van der Waals surface area contributed by atoms with Crippen molar-refractivity contribution < 1.29 is 9.53 Å². The lowest BCUT2D eigenvalue weighted by Crippen LogP contribution is -2.41. The van der Waals surface area contributed by atoms with Gasteiger partial charge in [0.25, 0.3) is 5.91 Å². The summed E-state index contributed by atoms with van der Waals surface area (Å²) in [5.74, 6) is -0.0265. The zero-order valence-electron chi connectivity index (χ0n) is 11.5. The van der Waals surface area contributed by atoms with Gasteiger partial charge in [0.2, 0.25) is 0 Å². The SMILES string of the molecule is CCc1cc(C(=O)N(C)C2CCOC2C)cc(Cl)n1. The first-order valence-corrected chi connectivity index (χ1v) is 6.96. The lowest BCUT2D eigenvalue weighted by atomic mass is 10.1. The summed E-state index contributed by atoms with van der Waals surface area (Å²) in [5.41, 5.74) is 1.43. The molecule has 2 atom stereocenters. The van der Waals surface area contributed by atoms with Crippen LogP contribution in [0, 0.1) is 0 Å². The summed E-state index contributed by atoms with van der Waals surface area (Å²) < 4.78 is 5.51. The van der Waals surface area contributed by atoms with Gasteiger partial charge in [-0.1, -0.05) is 18.5 Å². The minimum Gasteiger partial charge on any atom is -0.376 e. The van der Waals surface area contributed by atoms with Crippen molar-refractivity contribution in [3.05, 3.63) is 28.5 Å². The first-order valence-electron chi connectivity index (χ1n) is 6.58. The Morgan fingerprint density at radius 3 is 2.89 bits per heavy atom. The molecule has 1 fully saturated rings. The van der Waals surface area contributed by atoms with Gasteiger partial charge in [0, 0.05) is 24.9 Å². The summed E-state index contributed by atoms with van der Waals surface area (Å²) in [5, 5.41) is 0.367. The normalized spacial score (nSPS) is 22.5. The highest BCUT2D eigenvalue weighted by molar-refractivity contribution is 6.29. The maximum absolute atomic E-state index is 12.5. The Kier molecular flexibility index (Phi) is 4.42. The summed E-state index contributed by atoms with van der Waals surface area (Å²) in [7, 11) is 1.82. The lowest BCUT2D eigenvalue weighted by Gasteiger charge is -2.27. The molecule has 19 heavy (non-hydrogen) atoms. The van der Waals surface area contributed by atoms with Crippen LogP contribution in [-0.2, 0) is 11.2 Å². The summed E-state index contributed by atoms with van der Waals surface area (Å²) in [4.78, 5) is 18.4. The Morgan fingerprint density at radius 1 is 1.58 bits per heavy atom. The number of aromatic nitrogens is 1. The number of amides is 1. The molecule has 1 saturated heterocycles. The molecule has 2 heterocycles. The van der Waals surface area contributed by atoms with Gasteiger partial charge in [-0.15, -0.1) is 0 Å². The number of hydrogen-bond acceptors (Lipinski definition) is 3. The third-order valence-electron chi connectivity index (χ3n) is 3.61. The third kappa shape index (κ3) is 3.07. The first kappa shape index (κ1) is 14.3. The first-order chi connectivity index (χ1) is 9.02. The zero-order chi connectivity index (χ0) is 14.0. The lowest BCUT2D eigenvalue weighted by molar-refractivity contribution is 0.0574. The van der Waals surface area contributed by atoms with E-state index in [-0.39, 0.29) is 18.1 Å². The van der Waals surface area contributed by atoms with E-state index in [4.69, 9.17) is 16.3 Å². The second-order valence-electron chi connectivity index (χ2n) is 4.87. The van der Waals surface area contributed by atoms with E-state index in [1.54, 1.807) is 11.0 Å². The Morgan fingerprint density at radius 2 is 2.32 bits per heavy atom. The predicted molar refractivity (Wildman–Crippen MR) is 74.5 cm³/mol. The number of aryl methyl sites for hydroxylation is 1. The largest absolute Gasteiger partial charge is 0.376 e. The van der Waals surface area contributed by atoms with Crippen LogP contribution in [0.2, 0.25) is 5.15 Å². The van der Waals surface area contributed by atoms with Gasteiger partial charge in [0.1, 0.15) is 5.15 Å². The highest BCUT2D eigenvalue weighted by Gasteiger charge is 2.31. The van der Waals surface area contributed by atoms with Crippen molar-refractivity contribution >= 4 is 17.5 Å². The molecule has 0 bridgehead atoms. The van der Waals surface area contributed by atoms with Crippen LogP contribution in [0.4, 0.5) is 0 Å².